The highest BCUT2D eigenvalue weighted by Gasteiger charge is 2.38. The van der Waals surface area contributed by atoms with Gasteiger partial charge in [0.25, 0.3) is 5.91 Å². The van der Waals surface area contributed by atoms with Crippen LogP contribution >= 0.6 is 0 Å². The molecule has 2 fully saturated rings. The summed E-state index contributed by atoms with van der Waals surface area (Å²) in [5.41, 5.74) is 5.25. The van der Waals surface area contributed by atoms with E-state index >= 15 is 4.39 Å². The second-order valence-electron chi connectivity index (χ2n) is 9.07. The fraction of sp³-hybridized carbons (Fsp3) is 0.360. The van der Waals surface area contributed by atoms with Gasteiger partial charge in [-0.2, -0.15) is 5.10 Å². The van der Waals surface area contributed by atoms with E-state index in [-0.39, 0.29) is 41.6 Å². The normalized spacial score (nSPS) is 19.1. The lowest BCUT2D eigenvalue weighted by molar-refractivity contribution is -0.127. The average Bonchev–Trinajstić information content (AvgIpc) is 3.32. The molecule has 192 valence electrons. The number of benzene rings is 1. The number of anilines is 1. The van der Waals surface area contributed by atoms with E-state index in [9.17, 15) is 18.4 Å². The molecule has 0 spiro atoms. The van der Waals surface area contributed by atoms with Crippen LogP contribution in [0.25, 0.3) is 11.0 Å². The van der Waals surface area contributed by atoms with E-state index in [1.54, 1.807) is 4.57 Å². The fourth-order valence-electron chi connectivity index (χ4n) is 4.84. The molecule has 1 saturated carbocycles. The Morgan fingerprint density at radius 3 is 2.68 bits per heavy atom. The summed E-state index contributed by atoms with van der Waals surface area (Å²) in [6.45, 7) is 2.80. The summed E-state index contributed by atoms with van der Waals surface area (Å²) in [5, 5.41) is 7.23. The zero-order chi connectivity index (χ0) is 26.4. The van der Waals surface area contributed by atoms with Gasteiger partial charge in [-0.05, 0) is 31.3 Å². The van der Waals surface area contributed by atoms with Gasteiger partial charge in [0.15, 0.2) is 11.5 Å². The van der Waals surface area contributed by atoms with Crippen molar-refractivity contribution >= 4 is 28.7 Å². The van der Waals surface area contributed by atoms with Crippen LogP contribution in [0.4, 0.5) is 19.0 Å². The maximum absolute atomic E-state index is 15.2. The van der Waals surface area contributed by atoms with Crippen molar-refractivity contribution in [1.82, 2.24) is 24.2 Å². The minimum absolute atomic E-state index is 0.00404. The van der Waals surface area contributed by atoms with Crippen molar-refractivity contribution in [3.8, 4) is 11.8 Å². The van der Waals surface area contributed by atoms with Gasteiger partial charge in [0.2, 0.25) is 5.91 Å². The van der Waals surface area contributed by atoms with Crippen LogP contribution in [0, 0.1) is 23.5 Å². The number of likely N-dealkylation sites (tertiary alicyclic amines) is 1. The summed E-state index contributed by atoms with van der Waals surface area (Å²) in [6.07, 6.45) is 4.67. The number of rotatable bonds is 6. The number of amides is 2. The number of alkyl halides is 1. The Bertz CT molecular complexity index is 1500. The van der Waals surface area contributed by atoms with E-state index in [4.69, 9.17) is 5.73 Å². The number of primary amides is 1. The smallest absolute Gasteiger partial charge is 0.255 e. The van der Waals surface area contributed by atoms with Gasteiger partial charge in [-0.15, -0.1) is 0 Å². The Morgan fingerprint density at radius 2 is 2.05 bits per heavy atom. The van der Waals surface area contributed by atoms with Crippen molar-refractivity contribution in [2.45, 2.75) is 37.4 Å². The maximum Gasteiger partial charge on any atom is 0.255 e. The Kier molecular flexibility index (Phi) is 6.15. The van der Waals surface area contributed by atoms with Crippen LogP contribution in [0.1, 0.15) is 53.0 Å². The molecule has 1 aliphatic heterocycles. The molecule has 2 amide bonds. The minimum atomic E-state index is -0.907. The zero-order valence-corrected chi connectivity index (χ0v) is 20.0. The van der Waals surface area contributed by atoms with Crippen LogP contribution in [0.3, 0.4) is 0 Å². The fourth-order valence-corrected chi connectivity index (χ4v) is 4.84. The van der Waals surface area contributed by atoms with Gasteiger partial charge in [-0.1, -0.05) is 12.5 Å². The minimum Gasteiger partial charge on any atom is -0.373 e. The Balaban J connectivity index is 1.56. The predicted molar refractivity (Wildman–Crippen MR) is 130 cm³/mol. The third kappa shape index (κ3) is 4.10. The molecule has 3 aromatic rings. The van der Waals surface area contributed by atoms with E-state index < -0.39 is 47.8 Å². The number of aromatic nitrogens is 4. The summed E-state index contributed by atoms with van der Waals surface area (Å²) in [6, 6.07) is 0.188. The molecule has 1 aliphatic carbocycles. The third-order valence-corrected chi connectivity index (χ3v) is 6.78. The van der Waals surface area contributed by atoms with Gasteiger partial charge in [0, 0.05) is 25.7 Å². The first-order chi connectivity index (χ1) is 17.8. The van der Waals surface area contributed by atoms with Crippen LogP contribution in [0.5, 0.6) is 0 Å². The highest BCUT2D eigenvalue weighted by molar-refractivity contribution is 6.00. The molecule has 3 N–H and O–H groups in total. The average molecular weight is 512 g/mol. The SMILES string of the molecule is C=CC(=O)N1C[C@@H](n2nc(C#Cc3c(F)cc4c(ncn4C4CC4)c3F)c(C(N)=O)c2NC)C[C@H]1CF. The first-order valence-electron chi connectivity index (χ1n) is 11.7. The molecular weight excluding hydrogens is 487 g/mol. The van der Waals surface area contributed by atoms with E-state index in [2.05, 4.69) is 33.8 Å². The molecule has 2 atom stereocenters. The van der Waals surface area contributed by atoms with Crippen molar-refractivity contribution in [2.75, 3.05) is 25.6 Å². The van der Waals surface area contributed by atoms with Crippen LogP contribution in [0.15, 0.2) is 25.0 Å². The number of hydrogen-bond acceptors (Lipinski definition) is 5. The first-order valence-corrected chi connectivity index (χ1v) is 11.7. The first kappa shape index (κ1) is 24.4. The number of carbonyl (C=O) groups excluding carboxylic acids is 2. The molecule has 5 rings (SSSR count). The molecule has 9 nitrogen and oxygen atoms in total. The lowest BCUT2D eigenvalue weighted by atomic mass is 10.1. The topological polar surface area (TPSA) is 111 Å². The van der Waals surface area contributed by atoms with Crippen LogP contribution in [0.2, 0.25) is 0 Å². The van der Waals surface area contributed by atoms with Gasteiger partial charge < -0.3 is 20.5 Å². The second-order valence-corrected chi connectivity index (χ2v) is 9.07. The van der Waals surface area contributed by atoms with Gasteiger partial charge in [0.1, 0.15) is 29.4 Å². The van der Waals surface area contributed by atoms with Crippen molar-refractivity contribution in [2.24, 2.45) is 5.73 Å². The number of nitrogens with two attached hydrogens (primary N) is 1. The van der Waals surface area contributed by atoms with Gasteiger partial charge in [-0.3, -0.25) is 9.59 Å². The number of imidazole rings is 1. The van der Waals surface area contributed by atoms with Crippen LogP contribution in [-0.4, -0.2) is 62.4 Å². The molecule has 2 aromatic heterocycles. The van der Waals surface area contributed by atoms with E-state index in [1.165, 1.54) is 29.0 Å². The summed E-state index contributed by atoms with van der Waals surface area (Å²) in [5.74, 6) is 2.17. The zero-order valence-electron chi connectivity index (χ0n) is 20.0. The predicted octanol–water partition coefficient (Wildman–Crippen LogP) is 2.68. The number of fused-ring (bicyclic) bond motifs is 1. The summed E-state index contributed by atoms with van der Waals surface area (Å²) >= 11 is 0. The molecule has 0 radical (unpaired) electrons. The maximum atomic E-state index is 15.2. The molecule has 12 heteroatoms. The molecule has 1 aromatic carbocycles. The molecule has 2 aliphatic rings. The molecule has 1 saturated heterocycles. The van der Waals surface area contributed by atoms with Crippen molar-refractivity contribution in [3.63, 3.8) is 0 Å². The lowest BCUT2D eigenvalue weighted by Gasteiger charge is -2.20. The number of carbonyl (C=O) groups is 2. The summed E-state index contributed by atoms with van der Waals surface area (Å²) in [4.78, 5) is 29.9. The molecule has 0 unspecified atom stereocenters. The van der Waals surface area contributed by atoms with Gasteiger partial charge >= 0.3 is 0 Å². The molecule has 0 bridgehead atoms. The van der Waals surface area contributed by atoms with Crippen molar-refractivity contribution < 1.29 is 22.8 Å². The number of halogens is 3. The molecular formula is C25H24F3N7O2. The molecule has 37 heavy (non-hydrogen) atoms. The quantitative estimate of drug-likeness (QED) is 0.391. The monoisotopic (exact) mass is 511 g/mol. The number of nitrogens with zero attached hydrogens (tertiary/aromatic N) is 5. The third-order valence-electron chi connectivity index (χ3n) is 6.78. The van der Waals surface area contributed by atoms with Crippen LogP contribution < -0.4 is 11.1 Å². The van der Waals surface area contributed by atoms with Crippen molar-refractivity contribution in [3.05, 3.63) is 53.5 Å². The Labute approximate surface area is 210 Å². The number of nitrogens with one attached hydrogen (secondary N) is 1. The highest BCUT2D eigenvalue weighted by atomic mass is 19.1. The van der Waals surface area contributed by atoms with Gasteiger partial charge in [-0.25, -0.2) is 22.8 Å². The van der Waals surface area contributed by atoms with Crippen LogP contribution in [-0.2, 0) is 4.79 Å². The number of hydrogen-bond donors (Lipinski definition) is 2. The molecule has 3 heterocycles. The van der Waals surface area contributed by atoms with Gasteiger partial charge in [0.05, 0.1) is 29.5 Å². The highest BCUT2D eigenvalue weighted by Crippen LogP contribution is 2.38. The Hall–Kier alpha value is -4.27. The van der Waals surface area contributed by atoms with E-state index in [1.807, 2.05) is 0 Å². The summed E-state index contributed by atoms with van der Waals surface area (Å²) < 4.78 is 46.9. The second kappa shape index (κ2) is 9.31. The van der Waals surface area contributed by atoms with E-state index in [0.717, 1.165) is 18.9 Å². The standard InChI is InChI=1S/C25H24F3N7O2/c1-3-20(36)33-11-15(8-14(33)10-26)35-25(30-2)21(24(29)37)18(32-35)7-6-16-17(27)9-19-23(22(16)28)31-12-34(19)13-4-5-13/h3,9,12-15,30H,1,4-5,8,10-11H2,2H3,(H2,29,37)/t14-,15-/m0/s1. The van der Waals surface area contributed by atoms with E-state index in [0.29, 0.717) is 5.52 Å². The largest absolute Gasteiger partial charge is 0.373 e. The summed E-state index contributed by atoms with van der Waals surface area (Å²) in [7, 11) is 1.54. The Morgan fingerprint density at radius 1 is 1.30 bits per heavy atom. The van der Waals surface area contributed by atoms with Crippen molar-refractivity contribution in [1.29, 1.82) is 0 Å². The lowest BCUT2D eigenvalue weighted by Crippen LogP contribution is -2.35.